The van der Waals surface area contributed by atoms with E-state index < -0.39 is 45.6 Å². The number of hydrogen-bond acceptors (Lipinski definition) is 7. The molecule has 0 bridgehead atoms. The Bertz CT molecular complexity index is 1560. The second-order valence-electron chi connectivity index (χ2n) is 12.1. The SMILES string of the molecule is CC(C)(C)OC(=O)[C@H](CCCCN)NC(=O)[C@H](Cc1c[nH]c2ccccc12)NC(=O)N1CCN(S(=O)(=O)c2ccccc2)CC1. The van der Waals surface area contributed by atoms with Crippen molar-refractivity contribution in [2.75, 3.05) is 32.7 Å². The molecule has 0 spiro atoms. The van der Waals surface area contributed by atoms with Crippen LogP contribution in [0.25, 0.3) is 10.9 Å². The van der Waals surface area contributed by atoms with Crippen molar-refractivity contribution < 1.29 is 27.5 Å². The number of aromatic amines is 1. The van der Waals surface area contributed by atoms with E-state index in [-0.39, 0.29) is 37.5 Å². The van der Waals surface area contributed by atoms with Gasteiger partial charge in [-0.3, -0.25) is 4.79 Å². The molecule has 1 saturated heterocycles. The van der Waals surface area contributed by atoms with Crippen LogP contribution in [-0.4, -0.2) is 90.9 Å². The van der Waals surface area contributed by atoms with E-state index in [2.05, 4.69) is 15.6 Å². The Kier molecular flexibility index (Phi) is 11.2. The van der Waals surface area contributed by atoms with E-state index in [1.54, 1.807) is 57.3 Å². The number of urea groups is 1. The number of rotatable bonds is 12. The van der Waals surface area contributed by atoms with Gasteiger partial charge < -0.3 is 31.0 Å². The maximum Gasteiger partial charge on any atom is 0.329 e. The van der Waals surface area contributed by atoms with E-state index in [9.17, 15) is 22.8 Å². The molecule has 12 nitrogen and oxygen atoms in total. The summed E-state index contributed by atoms with van der Waals surface area (Å²) in [5.41, 5.74) is 6.62. The molecule has 1 aliphatic heterocycles. The van der Waals surface area contributed by atoms with Crippen LogP contribution in [-0.2, 0) is 30.8 Å². The summed E-state index contributed by atoms with van der Waals surface area (Å²) in [6, 6.07) is 13.4. The molecule has 0 unspecified atom stereocenters. The monoisotopic (exact) mass is 640 g/mol. The first-order chi connectivity index (χ1) is 21.4. The fourth-order valence-corrected chi connectivity index (χ4v) is 6.67. The molecule has 4 rings (SSSR count). The van der Waals surface area contributed by atoms with E-state index in [0.717, 1.165) is 16.5 Å². The zero-order valence-corrected chi connectivity index (χ0v) is 26.9. The molecule has 13 heteroatoms. The minimum Gasteiger partial charge on any atom is -0.458 e. The second kappa shape index (κ2) is 14.9. The van der Waals surface area contributed by atoms with Crippen LogP contribution in [0, 0.1) is 0 Å². The number of nitrogens with zero attached hydrogens (tertiary/aromatic N) is 2. The highest BCUT2D eigenvalue weighted by molar-refractivity contribution is 7.89. The molecule has 244 valence electrons. The first-order valence-electron chi connectivity index (χ1n) is 15.3. The number of sulfonamides is 1. The third-order valence-corrected chi connectivity index (χ3v) is 9.49. The number of benzene rings is 2. The first-order valence-corrected chi connectivity index (χ1v) is 16.7. The number of carbonyl (C=O) groups excluding carboxylic acids is 3. The van der Waals surface area contributed by atoms with Crippen molar-refractivity contribution in [1.29, 1.82) is 0 Å². The fraction of sp³-hybridized carbons (Fsp3) is 0.469. The first kappa shape index (κ1) is 33.9. The number of aromatic nitrogens is 1. The molecular formula is C32H44N6O6S. The standard InChI is InChI=1S/C32H44N6O6S/c1-32(2,3)44-30(40)27(15-9-10-16-33)35-29(39)28(21-23-22-34-26-14-8-7-13-25(23)26)36-31(41)37-17-19-38(20-18-37)45(42,43)24-11-5-4-6-12-24/h4-8,11-14,22,27-28,34H,9-10,15-21,33H2,1-3H3,(H,35,39)(H,36,41)/t27-,28-/m0/s1. The number of hydrogen-bond donors (Lipinski definition) is 4. The van der Waals surface area contributed by atoms with E-state index in [0.29, 0.717) is 25.8 Å². The van der Waals surface area contributed by atoms with Gasteiger partial charge >= 0.3 is 12.0 Å². The molecule has 1 fully saturated rings. The summed E-state index contributed by atoms with van der Waals surface area (Å²) in [6.07, 6.45) is 3.58. The van der Waals surface area contributed by atoms with Crippen LogP contribution in [0.2, 0.25) is 0 Å². The Morgan fingerprint density at radius 1 is 0.933 bits per heavy atom. The van der Waals surface area contributed by atoms with E-state index in [1.807, 2.05) is 24.3 Å². The van der Waals surface area contributed by atoms with Gasteiger partial charge in [-0.15, -0.1) is 0 Å². The zero-order valence-electron chi connectivity index (χ0n) is 26.1. The number of amides is 3. The van der Waals surface area contributed by atoms with Crippen LogP contribution in [0.1, 0.15) is 45.6 Å². The molecule has 2 atom stereocenters. The Morgan fingerprint density at radius 3 is 2.27 bits per heavy atom. The van der Waals surface area contributed by atoms with Crippen LogP contribution in [0.5, 0.6) is 0 Å². The number of carbonyl (C=O) groups is 3. The lowest BCUT2D eigenvalue weighted by Gasteiger charge is -2.35. The molecule has 3 aromatic rings. The topological polar surface area (TPSA) is 167 Å². The van der Waals surface area contributed by atoms with Crippen LogP contribution in [0.15, 0.2) is 65.7 Å². The van der Waals surface area contributed by atoms with Gasteiger partial charge in [-0.25, -0.2) is 18.0 Å². The summed E-state index contributed by atoms with van der Waals surface area (Å²) < 4.78 is 33.1. The second-order valence-corrected chi connectivity index (χ2v) is 14.1. The van der Waals surface area contributed by atoms with Crippen molar-refractivity contribution in [2.24, 2.45) is 5.73 Å². The summed E-state index contributed by atoms with van der Waals surface area (Å²) in [5, 5.41) is 6.60. The highest BCUT2D eigenvalue weighted by atomic mass is 32.2. The van der Waals surface area contributed by atoms with Gasteiger partial charge in [0.2, 0.25) is 15.9 Å². The molecule has 3 amide bonds. The quantitative estimate of drug-likeness (QED) is 0.174. The number of esters is 1. The number of piperazine rings is 1. The molecule has 0 aliphatic carbocycles. The summed E-state index contributed by atoms with van der Waals surface area (Å²) in [7, 11) is -3.69. The van der Waals surface area contributed by atoms with Gasteiger partial charge in [0.05, 0.1) is 4.90 Å². The number of para-hydroxylation sites is 1. The van der Waals surface area contributed by atoms with Gasteiger partial charge in [0.15, 0.2) is 0 Å². The number of ether oxygens (including phenoxy) is 1. The normalized spacial score (nSPS) is 15.8. The maximum absolute atomic E-state index is 13.8. The van der Waals surface area contributed by atoms with E-state index in [4.69, 9.17) is 10.5 Å². The molecule has 5 N–H and O–H groups in total. The minimum atomic E-state index is -3.69. The van der Waals surface area contributed by atoms with Gasteiger partial charge in [-0.1, -0.05) is 36.4 Å². The molecule has 1 aliphatic rings. The van der Waals surface area contributed by atoms with Crippen molar-refractivity contribution in [2.45, 2.75) is 69.0 Å². The van der Waals surface area contributed by atoms with E-state index >= 15 is 0 Å². The molecule has 0 radical (unpaired) electrons. The Balaban J connectivity index is 1.50. The maximum atomic E-state index is 13.8. The van der Waals surface area contributed by atoms with Gasteiger partial charge in [0.25, 0.3) is 0 Å². The highest BCUT2D eigenvalue weighted by Gasteiger charge is 2.34. The molecule has 2 aromatic carbocycles. The average Bonchev–Trinajstić information content (AvgIpc) is 3.42. The van der Waals surface area contributed by atoms with Crippen molar-refractivity contribution in [3.8, 4) is 0 Å². The Morgan fingerprint density at radius 2 is 1.60 bits per heavy atom. The van der Waals surface area contributed by atoms with Crippen molar-refractivity contribution in [3.63, 3.8) is 0 Å². The molecule has 2 heterocycles. The van der Waals surface area contributed by atoms with Crippen molar-refractivity contribution >= 4 is 38.8 Å². The van der Waals surface area contributed by atoms with Crippen molar-refractivity contribution in [3.05, 3.63) is 66.4 Å². The number of H-pyrrole nitrogens is 1. The van der Waals surface area contributed by atoms with Gasteiger partial charge in [-0.05, 0) is 70.3 Å². The molecule has 45 heavy (non-hydrogen) atoms. The largest absolute Gasteiger partial charge is 0.458 e. The molecular weight excluding hydrogens is 596 g/mol. The van der Waals surface area contributed by atoms with Gasteiger partial charge in [-0.2, -0.15) is 4.31 Å². The van der Waals surface area contributed by atoms with Gasteiger partial charge in [0, 0.05) is 49.7 Å². The van der Waals surface area contributed by atoms with E-state index in [1.165, 1.54) is 9.21 Å². The third-order valence-electron chi connectivity index (χ3n) is 7.57. The van der Waals surface area contributed by atoms with Crippen LogP contribution < -0.4 is 16.4 Å². The lowest BCUT2D eigenvalue weighted by molar-refractivity contribution is -0.159. The lowest BCUT2D eigenvalue weighted by Crippen LogP contribution is -2.58. The number of nitrogens with one attached hydrogen (secondary N) is 3. The van der Waals surface area contributed by atoms with Crippen LogP contribution in [0.4, 0.5) is 4.79 Å². The summed E-state index contributed by atoms with van der Waals surface area (Å²) in [6.45, 7) is 6.27. The Labute approximate surface area is 264 Å². The minimum absolute atomic E-state index is 0.117. The predicted octanol–water partition coefficient (Wildman–Crippen LogP) is 2.75. The predicted molar refractivity (Wildman–Crippen MR) is 172 cm³/mol. The van der Waals surface area contributed by atoms with Crippen LogP contribution >= 0.6 is 0 Å². The van der Waals surface area contributed by atoms with Crippen LogP contribution in [0.3, 0.4) is 0 Å². The molecule has 0 saturated carbocycles. The number of unbranched alkanes of at least 4 members (excludes halogenated alkanes) is 1. The zero-order chi connectivity index (χ0) is 32.6. The Hall–Kier alpha value is -3.94. The summed E-state index contributed by atoms with van der Waals surface area (Å²) in [5.74, 6) is -1.08. The summed E-state index contributed by atoms with van der Waals surface area (Å²) >= 11 is 0. The van der Waals surface area contributed by atoms with Crippen molar-refractivity contribution in [1.82, 2.24) is 24.8 Å². The number of fused-ring (bicyclic) bond motifs is 1. The average molecular weight is 641 g/mol. The lowest BCUT2D eigenvalue weighted by atomic mass is 10.0. The number of nitrogens with two attached hydrogens (primary N) is 1. The molecule has 1 aromatic heterocycles. The fourth-order valence-electron chi connectivity index (χ4n) is 5.23. The summed E-state index contributed by atoms with van der Waals surface area (Å²) in [4.78, 5) is 45.3. The smallest absolute Gasteiger partial charge is 0.329 e. The van der Waals surface area contributed by atoms with Gasteiger partial charge in [0.1, 0.15) is 17.7 Å². The highest BCUT2D eigenvalue weighted by Crippen LogP contribution is 2.21. The third kappa shape index (κ3) is 9.05.